The van der Waals surface area contributed by atoms with E-state index in [1.807, 2.05) is 24.3 Å². The van der Waals surface area contributed by atoms with E-state index in [-0.39, 0.29) is 0 Å². The number of benzene rings is 2. The highest BCUT2D eigenvalue weighted by Gasteiger charge is 2.12. The third-order valence-corrected chi connectivity index (χ3v) is 4.24. The molecule has 0 aliphatic heterocycles. The van der Waals surface area contributed by atoms with E-state index in [0.29, 0.717) is 16.5 Å². The molecule has 112 valence electrons. The first-order valence-electron chi connectivity index (χ1n) is 7.04. The number of hydrogen-bond donors (Lipinski definition) is 1. The third-order valence-electron chi connectivity index (χ3n) is 3.50. The Morgan fingerprint density at radius 1 is 1.05 bits per heavy atom. The minimum absolute atomic E-state index is 0.476. The Morgan fingerprint density at radius 2 is 1.76 bits per heavy atom. The van der Waals surface area contributed by atoms with E-state index in [1.165, 1.54) is 5.69 Å². The zero-order valence-electron chi connectivity index (χ0n) is 12.0. The lowest BCUT2D eigenvalue weighted by atomic mass is 10.1. The van der Waals surface area contributed by atoms with Gasteiger partial charge in [-0.2, -0.15) is 0 Å². The van der Waals surface area contributed by atoms with Crippen molar-refractivity contribution in [1.82, 2.24) is 0 Å². The van der Waals surface area contributed by atoms with Gasteiger partial charge in [0, 0.05) is 18.8 Å². The second-order valence-electron chi connectivity index (χ2n) is 4.89. The normalized spacial score (nSPS) is 12.2. The summed E-state index contributed by atoms with van der Waals surface area (Å²) in [6.07, 6.45) is 0.0956. The zero-order chi connectivity index (χ0) is 15.2. The van der Waals surface area contributed by atoms with Crippen molar-refractivity contribution in [3.8, 4) is 0 Å². The Balaban J connectivity index is 1.99. The van der Waals surface area contributed by atoms with Gasteiger partial charge in [0.25, 0.3) is 0 Å². The Hall–Kier alpha value is -1.22. The highest BCUT2D eigenvalue weighted by Crippen LogP contribution is 2.27. The standard InChI is InChI=1S/C17H19Cl2NO/c1-2-20(14-6-4-3-5-7-14)11-10-17(21)13-8-9-15(18)16(19)12-13/h3-9,12,17,21H,2,10-11H2,1H3. The van der Waals surface area contributed by atoms with E-state index < -0.39 is 6.10 Å². The first kappa shape index (κ1) is 16.2. The lowest BCUT2D eigenvalue weighted by molar-refractivity contribution is 0.169. The van der Waals surface area contributed by atoms with Gasteiger partial charge in [-0.1, -0.05) is 47.5 Å². The van der Waals surface area contributed by atoms with Crippen LogP contribution in [0.2, 0.25) is 10.0 Å². The molecule has 0 radical (unpaired) electrons. The van der Waals surface area contributed by atoms with Gasteiger partial charge in [0.2, 0.25) is 0 Å². The molecule has 2 aromatic carbocycles. The number of nitrogens with zero attached hydrogens (tertiary/aromatic N) is 1. The highest BCUT2D eigenvalue weighted by molar-refractivity contribution is 6.42. The van der Waals surface area contributed by atoms with E-state index >= 15 is 0 Å². The summed E-state index contributed by atoms with van der Waals surface area (Å²) in [4.78, 5) is 2.24. The summed E-state index contributed by atoms with van der Waals surface area (Å²) in [5.41, 5.74) is 1.97. The molecule has 1 unspecified atom stereocenters. The van der Waals surface area contributed by atoms with Crippen LogP contribution in [-0.2, 0) is 0 Å². The molecular formula is C17H19Cl2NO. The molecule has 0 amide bonds. The van der Waals surface area contributed by atoms with Gasteiger partial charge in [0.05, 0.1) is 16.1 Å². The first-order chi connectivity index (χ1) is 10.1. The number of halogens is 2. The first-order valence-corrected chi connectivity index (χ1v) is 7.80. The molecule has 0 aliphatic carbocycles. The molecule has 1 N–H and O–H groups in total. The molecule has 0 fully saturated rings. The Morgan fingerprint density at radius 3 is 2.38 bits per heavy atom. The van der Waals surface area contributed by atoms with Crippen molar-refractivity contribution < 1.29 is 5.11 Å². The third kappa shape index (κ3) is 4.37. The van der Waals surface area contributed by atoms with E-state index in [0.717, 1.165) is 18.7 Å². The van der Waals surface area contributed by atoms with Gasteiger partial charge < -0.3 is 10.0 Å². The molecule has 0 saturated heterocycles. The van der Waals surface area contributed by atoms with Gasteiger partial charge >= 0.3 is 0 Å². The van der Waals surface area contributed by atoms with Gasteiger partial charge in [-0.15, -0.1) is 0 Å². The van der Waals surface area contributed by atoms with Gasteiger partial charge in [-0.3, -0.25) is 0 Å². The van der Waals surface area contributed by atoms with Crippen LogP contribution in [0.5, 0.6) is 0 Å². The van der Waals surface area contributed by atoms with E-state index in [2.05, 4.69) is 24.0 Å². The molecule has 4 heteroatoms. The van der Waals surface area contributed by atoms with Crippen molar-refractivity contribution in [2.24, 2.45) is 0 Å². The smallest absolute Gasteiger partial charge is 0.0807 e. The van der Waals surface area contributed by atoms with Crippen LogP contribution in [0.3, 0.4) is 0 Å². The van der Waals surface area contributed by atoms with Crippen molar-refractivity contribution in [2.45, 2.75) is 19.4 Å². The molecule has 2 rings (SSSR count). The topological polar surface area (TPSA) is 23.5 Å². The second-order valence-corrected chi connectivity index (χ2v) is 5.71. The minimum Gasteiger partial charge on any atom is -0.388 e. The van der Waals surface area contributed by atoms with Crippen molar-refractivity contribution in [3.63, 3.8) is 0 Å². The van der Waals surface area contributed by atoms with Crippen LogP contribution < -0.4 is 4.90 Å². The monoisotopic (exact) mass is 323 g/mol. The maximum atomic E-state index is 10.3. The molecule has 21 heavy (non-hydrogen) atoms. The molecular weight excluding hydrogens is 305 g/mol. The van der Waals surface area contributed by atoms with Crippen molar-refractivity contribution >= 4 is 28.9 Å². The van der Waals surface area contributed by atoms with E-state index in [9.17, 15) is 5.11 Å². The SMILES string of the molecule is CCN(CCC(O)c1ccc(Cl)c(Cl)c1)c1ccccc1. The second kappa shape index (κ2) is 7.69. The maximum absolute atomic E-state index is 10.3. The summed E-state index contributed by atoms with van der Waals surface area (Å²) >= 11 is 11.9. The molecule has 0 spiro atoms. The van der Waals surface area contributed by atoms with Gasteiger partial charge in [0.1, 0.15) is 0 Å². The van der Waals surface area contributed by atoms with Crippen LogP contribution in [0.1, 0.15) is 25.0 Å². The predicted octanol–water partition coefficient (Wildman–Crippen LogP) is 4.94. The molecule has 0 aliphatic rings. The fourth-order valence-electron chi connectivity index (χ4n) is 2.27. The van der Waals surface area contributed by atoms with Gasteiger partial charge in [-0.25, -0.2) is 0 Å². The largest absolute Gasteiger partial charge is 0.388 e. The molecule has 2 nitrogen and oxygen atoms in total. The molecule has 0 saturated carbocycles. The molecule has 0 aromatic heterocycles. The lowest BCUT2D eigenvalue weighted by Gasteiger charge is -2.24. The zero-order valence-corrected chi connectivity index (χ0v) is 13.5. The van der Waals surface area contributed by atoms with Gasteiger partial charge in [-0.05, 0) is 43.2 Å². The molecule has 0 heterocycles. The number of aliphatic hydroxyl groups excluding tert-OH is 1. The fourth-order valence-corrected chi connectivity index (χ4v) is 2.58. The summed E-state index contributed by atoms with van der Waals surface area (Å²) in [5, 5.41) is 11.3. The summed E-state index contributed by atoms with van der Waals surface area (Å²) in [6.45, 7) is 3.79. The summed E-state index contributed by atoms with van der Waals surface area (Å²) in [7, 11) is 0. The number of para-hydroxylation sites is 1. The highest BCUT2D eigenvalue weighted by atomic mass is 35.5. The quantitative estimate of drug-likeness (QED) is 0.813. The summed E-state index contributed by atoms with van der Waals surface area (Å²) in [5.74, 6) is 0. The minimum atomic E-state index is -0.544. The van der Waals surface area contributed by atoms with Crippen LogP contribution >= 0.6 is 23.2 Å². The van der Waals surface area contributed by atoms with Crippen LogP contribution in [0.4, 0.5) is 5.69 Å². The van der Waals surface area contributed by atoms with Gasteiger partial charge in [0.15, 0.2) is 0 Å². The van der Waals surface area contributed by atoms with Crippen LogP contribution in [0, 0.1) is 0 Å². The molecule has 0 bridgehead atoms. The van der Waals surface area contributed by atoms with Crippen molar-refractivity contribution in [1.29, 1.82) is 0 Å². The average Bonchev–Trinajstić information content (AvgIpc) is 2.51. The number of anilines is 1. The maximum Gasteiger partial charge on any atom is 0.0807 e. The summed E-state index contributed by atoms with van der Waals surface area (Å²) in [6, 6.07) is 15.5. The van der Waals surface area contributed by atoms with Crippen LogP contribution in [0.15, 0.2) is 48.5 Å². The molecule has 2 aromatic rings. The predicted molar refractivity (Wildman–Crippen MR) is 90.4 cm³/mol. The van der Waals surface area contributed by atoms with Crippen molar-refractivity contribution in [2.75, 3.05) is 18.0 Å². The Labute approximate surface area is 135 Å². The van der Waals surface area contributed by atoms with Crippen LogP contribution in [0.25, 0.3) is 0 Å². The number of aliphatic hydroxyl groups is 1. The van der Waals surface area contributed by atoms with Crippen molar-refractivity contribution in [3.05, 3.63) is 64.1 Å². The number of hydrogen-bond acceptors (Lipinski definition) is 2. The lowest BCUT2D eigenvalue weighted by Crippen LogP contribution is -2.25. The average molecular weight is 324 g/mol. The molecule has 1 atom stereocenters. The fraction of sp³-hybridized carbons (Fsp3) is 0.294. The van der Waals surface area contributed by atoms with E-state index in [1.54, 1.807) is 12.1 Å². The Kier molecular flexibility index (Phi) is 5.92. The number of rotatable bonds is 6. The van der Waals surface area contributed by atoms with E-state index in [4.69, 9.17) is 23.2 Å². The summed E-state index contributed by atoms with van der Waals surface area (Å²) < 4.78 is 0. The Bertz CT molecular complexity index is 574. The van der Waals surface area contributed by atoms with Crippen LogP contribution in [-0.4, -0.2) is 18.2 Å².